The van der Waals surface area contributed by atoms with Crippen molar-refractivity contribution >= 4 is 17.5 Å². The normalized spacial score (nSPS) is 13.6. The van der Waals surface area contributed by atoms with Crippen molar-refractivity contribution in [1.82, 2.24) is 15.1 Å². The van der Waals surface area contributed by atoms with E-state index < -0.39 is 0 Å². The second-order valence-electron chi connectivity index (χ2n) is 9.00. The standard InChI is InChI=1S/C25H28ClN3O3/c1-25(2,3)20-13-18(31-4)9-10-22(20)32-15-23(30)29-12-11-21-19(14-29)24(28-27-21)16-5-7-17(26)8-6-16/h5-10,13H,11-12,14-15H2,1-4H3,(H,27,28). The Balaban J connectivity index is 1.48. The molecule has 1 aliphatic heterocycles. The van der Waals surface area contributed by atoms with Crippen molar-refractivity contribution < 1.29 is 14.3 Å². The highest BCUT2D eigenvalue weighted by Gasteiger charge is 2.27. The number of halogens is 1. The molecule has 4 rings (SSSR count). The number of benzene rings is 2. The molecule has 0 spiro atoms. The van der Waals surface area contributed by atoms with Gasteiger partial charge >= 0.3 is 0 Å². The number of carbonyl (C=O) groups is 1. The van der Waals surface area contributed by atoms with Crippen LogP contribution in [-0.4, -0.2) is 41.3 Å². The summed E-state index contributed by atoms with van der Waals surface area (Å²) >= 11 is 6.02. The van der Waals surface area contributed by atoms with E-state index in [1.807, 2.05) is 47.4 Å². The maximum absolute atomic E-state index is 13.0. The highest BCUT2D eigenvalue weighted by molar-refractivity contribution is 6.30. The molecule has 7 heteroatoms. The van der Waals surface area contributed by atoms with Gasteiger partial charge in [-0.15, -0.1) is 0 Å². The number of nitrogens with one attached hydrogen (secondary N) is 1. The van der Waals surface area contributed by atoms with Crippen molar-refractivity contribution in [3.63, 3.8) is 0 Å². The number of nitrogens with zero attached hydrogens (tertiary/aromatic N) is 2. The molecule has 1 aromatic heterocycles. The molecule has 0 atom stereocenters. The Hall–Kier alpha value is -2.99. The van der Waals surface area contributed by atoms with Gasteiger partial charge in [-0.1, -0.05) is 44.5 Å². The first-order valence-corrected chi connectivity index (χ1v) is 11.0. The van der Waals surface area contributed by atoms with Crippen LogP contribution in [-0.2, 0) is 23.2 Å². The van der Waals surface area contributed by atoms with E-state index in [4.69, 9.17) is 21.1 Å². The van der Waals surface area contributed by atoms with Crippen molar-refractivity contribution in [2.24, 2.45) is 0 Å². The molecule has 3 aromatic rings. The van der Waals surface area contributed by atoms with Crippen molar-refractivity contribution in [2.45, 2.75) is 39.2 Å². The van der Waals surface area contributed by atoms with E-state index in [0.29, 0.717) is 23.9 Å². The van der Waals surface area contributed by atoms with E-state index in [-0.39, 0.29) is 17.9 Å². The van der Waals surface area contributed by atoms with E-state index in [9.17, 15) is 4.79 Å². The van der Waals surface area contributed by atoms with E-state index in [0.717, 1.165) is 40.2 Å². The van der Waals surface area contributed by atoms with E-state index in [1.54, 1.807) is 7.11 Å². The Labute approximate surface area is 193 Å². The lowest BCUT2D eigenvalue weighted by atomic mass is 9.86. The highest BCUT2D eigenvalue weighted by atomic mass is 35.5. The van der Waals surface area contributed by atoms with Crippen LogP contribution >= 0.6 is 11.6 Å². The summed E-state index contributed by atoms with van der Waals surface area (Å²) in [5, 5.41) is 8.30. The molecule has 0 saturated heterocycles. The first-order valence-electron chi connectivity index (χ1n) is 10.7. The highest BCUT2D eigenvalue weighted by Crippen LogP contribution is 2.34. The van der Waals surface area contributed by atoms with Crippen molar-refractivity contribution in [3.05, 3.63) is 64.3 Å². The monoisotopic (exact) mass is 453 g/mol. The van der Waals surface area contributed by atoms with Crippen LogP contribution in [0.15, 0.2) is 42.5 Å². The van der Waals surface area contributed by atoms with Gasteiger partial charge in [0.2, 0.25) is 0 Å². The second-order valence-corrected chi connectivity index (χ2v) is 9.44. The Bertz CT molecular complexity index is 1120. The number of hydrogen-bond donors (Lipinski definition) is 1. The molecule has 0 aliphatic carbocycles. The molecule has 2 aromatic carbocycles. The smallest absolute Gasteiger partial charge is 0.260 e. The lowest BCUT2D eigenvalue weighted by Gasteiger charge is -2.28. The first-order chi connectivity index (χ1) is 15.3. The van der Waals surface area contributed by atoms with Crippen LogP contribution < -0.4 is 9.47 Å². The largest absolute Gasteiger partial charge is 0.497 e. The van der Waals surface area contributed by atoms with Crippen molar-refractivity contribution in [1.29, 1.82) is 0 Å². The number of methoxy groups -OCH3 is 1. The third kappa shape index (κ3) is 4.60. The third-order valence-electron chi connectivity index (χ3n) is 5.75. The van der Waals surface area contributed by atoms with Crippen LogP contribution in [0.3, 0.4) is 0 Å². The minimum atomic E-state index is -0.142. The van der Waals surface area contributed by atoms with Gasteiger partial charge in [-0.05, 0) is 35.7 Å². The minimum Gasteiger partial charge on any atom is -0.497 e. The second kappa shape index (κ2) is 8.87. The molecule has 168 valence electrons. The number of H-pyrrole nitrogens is 1. The Morgan fingerprint density at radius 1 is 1.19 bits per heavy atom. The maximum atomic E-state index is 13.0. The van der Waals surface area contributed by atoms with E-state index >= 15 is 0 Å². The molecular formula is C25H28ClN3O3. The van der Waals surface area contributed by atoms with Crippen LogP contribution in [0.25, 0.3) is 11.3 Å². The zero-order valence-electron chi connectivity index (χ0n) is 18.9. The van der Waals surface area contributed by atoms with Gasteiger partial charge in [-0.2, -0.15) is 5.10 Å². The fourth-order valence-electron chi connectivity index (χ4n) is 3.93. The molecule has 1 aliphatic rings. The van der Waals surface area contributed by atoms with Gasteiger partial charge in [-0.3, -0.25) is 9.89 Å². The summed E-state index contributed by atoms with van der Waals surface area (Å²) in [6.45, 7) is 7.45. The molecule has 6 nitrogen and oxygen atoms in total. The summed E-state index contributed by atoms with van der Waals surface area (Å²) in [6.07, 6.45) is 0.734. The van der Waals surface area contributed by atoms with Gasteiger partial charge in [0.25, 0.3) is 5.91 Å². The topological polar surface area (TPSA) is 67.5 Å². The molecule has 1 N–H and O–H groups in total. The van der Waals surface area contributed by atoms with Gasteiger partial charge in [0.1, 0.15) is 11.5 Å². The Morgan fingerprint density at radius 3 is 2.62 bits per heavy atom. The molecule has 0 saturated carbocycles. The SMILES string of the molecule is COc1ccc(OCC(=O)N2CCc3[nH]nc(-c4ccc(Cl)cc4)c3C2)c(C(C)(C)C)c1. The number of ether oxygens (including phenoxy) is 2. The van der Waals surface area contributed by atoms with E-state index in [2.05, 4.69) is 31.0 Å². The molecule has 0 radical (unpaired) electrons. The average molecular weight is 454 g/mol. The quantitative estimate of drug-likeness (QED) is 0.590. The molecule has 0 fully saturated rings. The molecule has 1 amide bonds. The molecule has 2 heterocycles. The third-order valence-corrected chi connectivity index (χ3v) is 6.00. The van der Waals surface area contributed by atoms with Gasteiger partial charge < -0.3 is 14.4 Å². The minimum absolute atomic E-state index is 0.0150. The lowest BCUT2D eigenvalue weighted by molar-refractivity contribution is -0.134. The number of fused-ring (bicyclic) bond motifs is 1. The van der Waals surface area contributed by atoms with Gasteiger partial charge in [0.15, 0.2) is 6.61 Å². The zero-order chi connectivity index (χ0) is 22.9. The Morgan fingerprint density at radius 2 is 1.94 bits per heavy atom. The summed E-state index contributed by atoms with van der Waals surface area (Å²) < 4.78 is 11.3. The zero-order valence-corrected chi connectivity index (χ0v) is 19.6. The summed E-state index contributed by atoms with van der Waals surface area (Å²) in [4.78, 5) is 14.8. The van der Waals surface area contributed by atoms with Gasteiger partial charge in [0, 0.05) is 46.9 Å². The summed E-state index contributed by atoms with van der Waals surface area (Å²) in [7, 11) is 1.64. The van der Waals surface area contributed by atoms with E-state index in [1.165, 1.54) is 0 Å². The predicted molar refractivity (Wildman–Crippen MR) is 125 cm³/mol. The summed E-state index contributed by atoms with van der Waals surface area (Å²) in [6, 6.07) is 13.3. The number of aromatic nitrogens is 2. The van der Waals surface area contributed by atoms with Crippen molar-refractivity contribution in [3.8, 4) is 22.8 Å². The first kappa shape index (κ1) is 22.2. The molecule has 0 unspecified atom stereocenters. The molecule has 32 heavy (non-hydrogen) atoms. The molecule has 0 bridgehead atoms. The van der Waals surface area contributed by atoms with Crippen LogP contribution in [0, 0.1) is 0 Å². The van der Waals surface area contributed by atoms with Crippen LogP contribution in [0.2, 0.25) is 5.02 Å². The summed E-state index contributed by atoms with van der Waals surface area (Å²) in [5.41, 5.74) is 4.82. The van der Waals surface area contributed by atoms with Crippen LogP contribution in [0.4, 0.5) is 0 Å². The number of aromatic amines is 1. The van der Waals surface area contributed by atoms with Crippen LogP contribution in [0.1, 0.15) is 37.6 Å². The fourth-order valence-corrected chi connectivity index (χ4v) is 4.06. The number of hydrogen-bond acceptors (Lipinski definition) is 4. The average Bonchev–Trinajstić information content (AvgIpc) is 3.20. The van der Waals surface area contributed by atoms with Gasteiger partial charge in [-0.25, -0.2) is 0 Å². The lowest BCUT2D eigenvalue weighted by Crippen LogP contribution is -2.39. The maximum Gasteiger partial charge on any atom is 0.260 e. The Kier molecular flexibility index (Phi) is 6.15. The molecular weight excluding hydrogens is 426 g/mol. The summed E-state index contributed by atoms with van der Waals surface area (Å²) in [5.74, 6) is 1.43. The number of carbonyl (C=O) groups excluding carboxylic acids is 1. The van der Waals surface area contributed by atoms with Gasteiger partial charge in [0.05, 0.1) is 12.8 Å². The number of rotatable bonds is 5. The fraction of sp³-hybridized carbons (Fsp3) is 0.360. The van der Waals surface area contributed by atoms with Crippen LogP contribution in [0.5, 0.6) is 11.5 Å². The van der Waals surface area contributed by atoms with Crippen molar-refractivity contribution in [2.75, 3.05) is 20.3 Å². The predicted octanol–water partition coefficient (Wildman–Crippen LogP) is 5.00. The number of amides is 1.